The fourth-order valence-corrected chi connectivity index (χ4v) is 8.58. The maximum absolute atomic E-state index is 13.0. The van der Waals surface area contributed by atoms with Crippen molar-refractivity contribution in [3.63, 3.8) is 0 Å². The maximum Gasteiger partial charge on any atom is 0.523 e. The largest absolute Gasteiger partial charge is 0.523 e. The van der Waals surface area contributed by atoms with Crippen LogP contribution in [0.15, 0.2) is 65.6 Å². The zero-order valence-corrected chi connectivity index (χ0v) is 19.8. The molecular weight excluding hydrogens is 507 g/mol. The maximum atomic E-state index is 13.0. The fraction of sp³-hybridized carbons (Fsp3) is 0.368. The average molecular weight is 532 g/mol. The van der Waals surface area contributed by atoms with Crippen molar-refractivity contribution in [1.29, 1.82) is 0 Å². The topological polar surface area (TPSA) is 130 Å². The van der Waals surface area contributed by atoms with Crippen molar-refractivity contribution in [2.45, 2.75) is 28.3 Å². The Hall–Kier alpha value is -1.68. The predicted octanol–water partition coefficient (Wildman–Crippen LogP) is 2.10. The first-order valence-corrected chi connectivity index (χ1v) is 14.5. The molecule has 33 heavy (non-hydrogen) atoms. The van der Waals surface area contributed by atoms with Gasteiger partial charge >= 0.3 is 15.6 Å². The lowest BCUT2D eigenvalue weighted by molar-refractivity contribution is -0.0496. The van der Waals surface area contributed by atoms with Crippen molar-refractivity contribution in [3.05, 3.63) is 66.2 Å². The zero-order chi connectivity index (χ0) is 24.9. The number of sulfonamides is 1. The quantitative estimate of drug-likeness (QED) is 0.379. The molecule has 3 atom stereocenters. The van der Waals surface area contributed by atoms with E-state index in [-0.39, 0.29) is 10.6 Å². The molecule has 0 heterocycles. The Labute approximate surface area is 192 Å². The average Bonchev–Trinajstić information content (AvgIpc) is 2.71. The molecule has 3 N–H and O–H groups in total. The number of nitrogens with one attached hydrogen (secondary N) is 1. The first kappa shape index (κ1) is 27.6. The van der Waals surface area contributed by atoms with Gasteiger partial charge in [0.15, 0.2) is 0 Å². The van der Waals surface area contributed by atoms with Crippen LogP contribution in [0.3, 0.4) is 0 Å². The summed E-state index contributed by atoms with van der Waals surface area (Å²) in [5.74, 6) is -0.941. The number of rotatable bonds is 11. The molecular formula is C19H24F3NO7S3. The lowest BCUT2D eigenvalue weighted by Crippen LogP contribution is -2.48. The second-order valence-corrected chi connectivity index (χ2v) is 13.9. The summed E-state index contributed by atoms with van der Waals surface area (Å²) in [6, 6.07) is 13.4. The van der Waals surface area contributed by atoms with Crippen LogP contribution in [-0.4, -0.2) is 63.3 Å². The number of aliphatic hydroxyl groups excluding tert-OH is 2. The van der Waals surface area contributed by atoms with Gasteiger partial charge in [-0.3, -0.25) is 0 Å². The van der Waals surface area contributed by atoms with Gasteiger partial charge in [-0.1, -0.05) is 48.5 Å². The molecule has 0 radical (unpaired) electrons. The molecule has 0 bridgehead atoms. The van der Waals surface area contributed by atoms with E-state index in [1.807, 2.05) is 0 Å². The molecule has 14 heteroatoms. The minimum Gasteiger partial charge on any atom is -0.395 e. The Bertz CT molecular complexity index is 1110. The highest BCUT2D eigenvalue weighted by Gasteiger charge is 2.50. The van der Waals surface area contributed by atoms with E-state index in [9.17, 15) is 40.2 Å². The third-order valence-electron chi connectivity index (χ3n) is 4.40. The molecule has 0 fully saturated rings. The third-order valence-corrected chi connectivity index (χ3v) is 10.5. The van der Waals surface area contributed by atoms with Crippen molar-refractivity contribution in [3.8, 4) is 0 Å². The van der Waals surface area contributed by atoms with E-state index in [0.29, 0.717) is 5.56 Å². The van der Waals surface area contributed by atoms with E-state index < -0.39 is 60.5 Å². The summed E-state index contributed by atoms with van der Waals surface area (Å²) in [6.45, 7) is -0.903. The van der Waals surface area contributed by atoms with Gasteiger partial charge in [0, 0.05) is 11.5 Å². The van der Waals surface area contributed by atoms with E-state index in [2.05, 4.69) is 8.35 Å². The molecule has 186 valence electrons. The van der Waals surface area contributed by atoms with Gasteiger partial charge in [0.1, 0.15) is 0 Å². The van der Waals surface area contributed by atoms with Gasteiger partial charge in [0.05, 0.1) is 23.6 Å². The molecule has 0 amide bonds. The highest BCUT2D eigenvalue weighted by atomic mass is 32.3. The molecule has 2 aromatic rings. The number of hydrogen-bond donors (Lipinski definition) is 3. The summed E-state index contributed by atoms with van der Waals surface area (Å²) in [5, 5.41) is 20.2. The van der Waals surface area contributed by atoms with Gasteiger partial charge in [0.2, 0.25) is 10.0 Å². The second-order valence-electron chi connectivity index (χ2n) is 7.24. The Kier molecular flexibility index (Phi) is 8.95. The van der Waals surface area contributed by atoms with Gasteiger partial charge in [-0.2, -0.15) is 21.6 Å². The van der Waals surface area contributed by atoms with Gasteiger partial charge in [-0.15, -0.1) is 10.3 Å². The molecule has 2 rings (SSSR count). The van der Waals surface area contributed by atoms with E-state index in [4.69, 9.17) is 0 Å². The Balaban J connectivity index is 2.31. The fourth-order valence-electron chi connectivity index (χ4n) is 2.87. The minimum absolute atomic E-state index is 0.161. The minimum atomic E-state index is -6.01. The van der Waals surface area contributed by atoms with Gasteiger partial charge in [-0.05, 0) is 24.0 Å². The van der Waals surface area contributed by atoms with Crippen molar-refractivity contribution < 1.29 is 43.8 Å². The van der Waals surface area contributed by atoms with Crippen LogP contribution in [0, 0.1) is 0 Å². The molecule has 0 aliphatic carbocycles. The first-order chi connectivity index (χ1) is 15.2. The molecule has 2 aromatic carbocycles. The molecule has 0 saturated carbocycles. The number of hydrogen-bond acceptors (Lipinski definition) is 7. The standard InChI is InChI=1S/C19H24F3NO7S3/c1-31(13-15-8-4-2-5-9-15,30-33(28,29)19(20,21)22)14-18(25)17(12-24)23-32(26,27)16-10-6-3-7-11-16/h2-11,17-18,23-25H,12-14H2,1H3. The number of benzene rings is 2. The van der Waals surface area contributed by atoms with Crippen LogP contribution in [0.5, 0.6) is 0 Å². The summed E-state index contributed by atoms with van der Waals surface area (Å²) >= 11 is 0. The molecule has 0 aliphatic heterocycles. The summed E-state index contributed by atoms with van der Waals surface area (Å²) in [4.78, 5) is -0.161. The molecule has 0 aliphatic rings. The lowest BCUT2D eigenvalue weighted by Gasteiger charge is -2.38. The highest BCUT2D eigenvalue weighted by Crippen LogP contribution is 2.53. The Morgan fingerprint density at radius 1 is 0.970 bits per heavy atom. The molecule has 3 unspecified atom stereocenters. The van der Waals surface area contributed by atoms with Crippen molar-refractivity contribution >= 4 is 30.5 Å². The van der Waals surface area contributed by atoms with Gasteiger partial charge < -0.3 is 10.2 Å². The van der Waals surface area contributed by atoms with Crippen molar-refractivity contribution in [1.82, 2.24) is 4.72 Å². The number of alkyl halides is 3. The highest BCUT2D eigenvalue weighted by molar-refractivity contribution is 8.32. The molecule has 0 spiro atoms. The van der Waals surface area contributed by atoms with Crippen LogP contribution < -0.4 is 4.72 Å². The smallest absolute Gasteiger partial charge is 0.395 e. The van der Waals surface area contributed by atoms with Crippen LogP contribution in [0.1, 0.15) is 5.56 Å². The van der Waals surface area contributed by atoms with E-state index in [1.165, 1.54) is 24.3 Å². The molecule has 8 nitrogen and oxygen atoms in total. The molecule has 0 saturated heterocycles. The van der Waals surface area contributed by atoms with Crippen LogP contribution >= 0.6 is 10.3 Å². The SMILES string of the molecule is CS(Cc1ccccc1)(CC(O)C(CO)NS(=O)(=O)c1ccccc1)OS(=O)(=O)C(F)(F)F. The predicted molar refractivity (Wildman–Crippen MR) is 118 cm³/mol. The normalized spacial score (nSPS) is 17.6. The third kappa shape index (κ3) is 7.67. The number of aliphatic hydroxyl groups is 2. The van der Waals surface area contributed by atoms with Crippen molar-refractivity contribution in [2.24, 2.45) is 0 Å². The van der Waals surface area contributed by atoms with Crippen LogP contribution in [0.2, 0.25) is 0 Å². The van der Waals surface area contributed by atoms with Crippen molar-refractivity contribution in [2.75, 3.05) is 18.6 Å². The monoisotopic (exact) mass is 531 g/mol. The van der Waals surface area contributed by atoms with E-state index in [0.717, 1.165) is 6.26 Å². The summed E-state index contributed by atoms with van der Waals surface area (Å²) in [5.41, 5.74) is -5.24. The van der Waals surface area contributed by atoms with Crippen LogP contribution in [0.25, 0.3) is 0 Å². The van der Waals surface area contributed by atoms with E-state index >= 15 is 0 Å². The Morgan fingerprint density at radius 3 is 1.97 bits per heavy atom. The summed E-state index contributed by atoms with van der Waals surface area (Å²) in [7, 11) is -13.4. The zero-order valence-electron chi connectivity index (χ0n) is 17.3. The van der Waals surface area contributed by atoms with Gasteiger partial charge in [0.25, 0.3) is 0 Å². The lowest BCUT2D eigenvalue weighted by atomic mass is 10.2. The van der Waals surface area contributed by atoms with Crippen LogP contribution in [-0.2, 0) is 29.5 Å². The molecule has 0 aromatic heterocycles. The van der Waals surface area contributed by atoms with E-state index in [1.54, 1.807) is 36.4 Å². The number of halogens is 3. The Morgan fingerprint density at radius 2 is 1.48 bits per heavy atom. The first-order valence-electron chi connectivity index (χ1n) is 9.35. The summed E-state index contributed by atoms with van der Waals surface area (Å²) < 4.78 is 94.1. The van der Waals surface area contributed by atoms with Gasteiger partial charge in [-0.25, -0.2) is 16.8 Å². The summed E-state index contributed by atoms with van der Waals surface area (Å²) in [6.07, 6.45) is -0.632. The second kappa shape index (κ2) is 10.7. The van der Waals surface area contributed by atoms with Crippen LogP contribution in [0.4, 0.5) is 13.2 Å².